The van der Waals surface area contributed by atoms with Crippen molar-refractivity contribution in [1.82, 2.24) is 25.3 Å². The molecule has 0 fully saturated rings. The number of carbonyl (C=O) groups is 4. The van der Waals surface area contributed by atoms with Gasteiger partial charge in [0.2, 0.25) is 5.95 Å². The number of nitrogens with zero attached hydrogens (tertiary/aromatic N) is 3. The second kappa shape index (κ2) is 21.5. The largest absolute Gasteiger partial charge is 0.480 e. The van der Waals surface area contributed by atoms with Gasteiger partial charge in [-0.05, 0) is 93.6 Å². The first-order valence-electron chi connectivity index (χ1n) is 19.0. The molecule has 316 valence electrons. The minimum Gasteiger partial charge on any atom is -0.480 e. The highest BCUT2D eigenvalue weighted by Gasteiger charge is 2.25. The highest BCUT2D eigenvalue weighted by Crippen LogP contribution is 2.49. The molecule has 0 aliphatic heterocycles. The molecule has 60 heavy (non-hydrogen) atoms. The molecule has 5 aromatic rings. The van der Waals surface area contributed by atoms with Gasteiger partial charge in [-0.25, -0.2) is 19.3 Å². The normalized spacial score (nSPS) is 11.8. The van der Waals surface area contributed by atoms with Gasteiger partial charge in [0.1, 0.15) is 11.8 Å². The summed E-state index contributed by atoms with van der Waals surface area (Å²) in [5.74, 6) is -3.46. The van der Waals surface area contributed by atoms with Gasteiger partial charge in [-0.15, -0.1) is 0 Å². The van der Waals surface area contributed by atoms with E-state index < -0.39 is 43.2 Å². The van der Waals surface area contributed by atoms with Gasteiger partial charge >= 0.3 is 19.8 Å². The number of aromatic amines is 1. The molecule has 2 heterocycles. The minimum absolute atomic E-state index is 0.0230. The molecule has 2 amide bonds. The Kier molecular flexibility index (Phi) is 15.9. The number of ether oxygens (including phenoxy) is 1. The second-order valence-electron chi connectivity index (χ2n) is 13.0. The van der Waals surface area contributed by atoms with E-state index in [1.165, 1.54) is 30.5 Å². The van der Waals surface area contributed by atoms with Crippen LogP contribution >= 0.6 is 7.82 Å². The van der Waals surface area contributed by atoms with Gasteiger partial charge in [-0.3, -0.25) is 37.7 Å². The van der Waals surface area contributed by atoms with Crippen molar-refractivity contribution >= 4 is 60.1 Å². The number of anilines is 3. The molecule has 0 unspecified atom stereocenters. The monoisotopic (exact) mass is 844 g/mol. The average Bonchev–Trinajstić information content (AvgIpc) is 3.22. The van der Waals surface area contributed by atoms with Gasteiger partial charge in [0.15, 0.2) is 11.2 Å². The Balaban J connectivity index is 1.07. The summed E-state index contributed by atoms with van der Waals surface area (Å²) in [7, 11) is -3.54. The van der Waals surface area contributed by atoms with Gasteiger partial charge in [-0.2, -0.15) is 4.98 Å². The summed E-state index contributed by atoms with van der Waals surface area (Å²) in [4.78, 5) is 77.9. The fraction of sp³-hybridized carbons (Fsp3) is 0.300. The third-order valence-electron chi connectivity index (χ3n) is 8.60. The van der Waals surface area contributed by atoms with Crippen molar-refractivity contribution in [1.29, 1.82) is 0 Å². The molecule has 2 aromatic heterocycles. The van der Waals surface area contributed by atoms with E-state index in [4.69, 9.17) is 24.0 Å². The number of nitrogens with two attached hydrogens (primary N) is 1. The van der Waals surface area contributed by atoms with Crippen LogP contribution in [-0.2, 0) is 40.7 Å². The number of benzene rings is 3. The topological polar surface area (TPSA) is 276 Å². The van der Waals surface area contributed by atoms with E-state index in [0.29, 0.717) is 29.9 Å². The van der Waals surface area contributed by atoms with Crippen molar-refractivity contribution in [3.05, 3.63) is 112 Å². The van der Waals surface area contributed by atoms with E-state index in [9.17, 15) is 33.6 Å². The van der Waals surface area contributed by atoms with Crippen molar-refractivity contribution in [3.8, 4) is 5.75 Å². The van der Waals surface area contributed by atoms with E-state index in [-0.39, 0.29) is 73.2 Å². The molecule has 0 aliphatic rings. The molecule has 5 rings (SSSR count). The molecule has 0 bridgehead atoms. The van der Waals surface area contributed by atoms with E-state index in [1.807, 2.05) is 12.1 Å². The van der Waals surface area contributed by atoms with Crippen LogP contribution in [0.1, 0.15) is 71.5 Å². The van der Waals surface area contributed by atoms with Crippen molar-refractivity contribution in [3.63, 3.8) is 0 Å². The van der Waals surface area contributed by atoms with Crippen LogP contribution in [0.5, 0.6) is 5.75 Å². The van der Waals surface area contributed by atoms with Crippen LogP contribution in [0.2, 0.25) is 0 Å². The Bertz CT molecular complexity index is 2380. The number of para-hydroxylation sites is 1. The molecule has 0 aliphatic carbocycles. The molecule has 3 aromatic carbocycles. The van der Waals surface area contributed by atoms with Crippen LogP contribution in [0.4, 0.5) is 17.3 Å². The summed E-state index contributed by atoms with van der Waals surface area (Å²) in [6.45, 7) is 4.25. The number of aromatic nitrogens is 4. The maximum absolute atomic E-state index is 13.2. The quantitative estimate of drug-likeness (QED) is 0.0225. The number of H-pyrrole nitrogens is 1. The summed E-state index contributed by atoms with van der Waals surface area (Å²) in [5, 5.41) is 18.1. The van der Waals surface area contributed by atoms with Crippen molar-refractivity contribution in [2.45, 2.75) is 58.5 Å². The van der Waals surface area contributed by atoms with Crippen LogP contribution < -0.4 is 32.0 Å². The third-order valence-corrected chi connectivity index (χ3v) is 10.2. The third kappa shape index (κ3) is 13.0. The van der Waals surface area contributed by atoms with Gasteiger partial charge < -0.3 is 31.5 Å². The summed E-state index contributed by atoms with van der Waals surface area (Å²) < 4.78 is 33.5. The smallest absolute Gasteiger partial charge is 0.474 e. The lowest BCUT2D eigenvalue weighted by Crippen LogP contribution is -2.41. The van der Waals surface area contributed by atoms with Crippen LogP contribution in [0.15, 0.2) is 83.8 Å². The number of esters is 1. The lowest BCUT2D eigenvalue weighted by molar-refractivity contribution is -0.140. The lowest BCUT2D eigenvalue weighted by Gasteiger charge is -2.16. The Hall–Kier alpha value is -6.53. The first kappa shape index (κ1) is 44.6. The van der Waals surface area contributed by atoms with E-state index in [1.54, 1.807) is 50.2 Å². The standard InChI is InChI=1S/C40H45N8O11P/c1-3-56-60(55,57-4-2)58-22-8-7-9-25-12-16-28(17-13-25)45-37(51)30-10-5-6-11-32(30)59-33(49)21-20-31(39(53)54)46-36(50)26-14-18-27(19-15-26)42-23-29-24-43-35-34(44-29)38(52)48-40(41)47-35/h5-6,10-19,24,31,42H,3-4,7-9,20-23H2,1-2H3,(H,45,51)(H,46,50)(H,53,54)(H3,41,43,47,48,52)/t31-/m0/s1. The maximum Gasteiger partial charge on any atom is 0.474 e. The number of hydrogen-bond donors (Lipinski definition) is 6. The second-order valence-corrected chi connectivity index (χ2v) is 14.7. The number of phosphoric acid groups is 1. The zero-order valence-electron chi connectivity index (χ0n) is 32.8. The fourth-order valence-corrected chi connectivity index (χ4v) is 6.86. The van der Waals surface area contributed by atoms with Gasteiger partial charge in [0.05, 0.1) is 43.8 Å². The van der Waals surface area contributed by atoms with Crippen LogP contribution in [0.3, 0.4) is 0 Å². The summed E-state index contributed by atoms with van der Waals surface area (Å²) in [6.07, 6.45) is 2.88. The van der Waals surface area contributed by atoms with Gasteiger partial charge in [0.25, 0.3) is 17.4 Å². The predicted octanol–water partition coefficient (Wildman–Crippen LogP) is 5.25. The number of unbranched alkanes of at least 4 members (excludes halogenated alkanes) is 1. The molecule has 0 spiro atoms. The Morgan fingerprint density at radius 1 is 0.883 bits per heavy atom. The van der Waals surface area contributed by atoms with Gasteiger partial charge in [0, 0.05) is 23.4 Å². The van der Waals surface area contributed by atoms with E-state index >= 15 is 0 Å². The number of aliphatic carboxylic acids is 1. The zero-order chi connectivity index (χ0) is 43.1. The number of carboxylic acid groups (broad SMARTS) is 1. The number of phosphoric ester groups is 1. The first-order valence-corrected chi connectivity index (χ1v) is 20.4. The molecular formula is C40H45N8O11P. The Labute approximate surface area is 344 Å². The molecule has 7 N–H and O–H groups in total. The van der Waals surface area contributed by atoms with E-state index in [0.717, 1.165) is 12.0 Å². The van der Waals surface area contributed by atoms with Crippen LogP contribution in [0.25, 0.3) is 11.2 Å². The Morgan fingerprint density at radius 2 is 1.58 bits per heavy atom. The minimum atomic E-state index is -3.54. The zero-order valence-corrected chi connectivity index (χ0v) is 33.7. The SMILES string of the molecule is CCOP(=O)(OCC)OCCCCc1ccc(NC(=O)c2ccccc2OC(=O)CC[C@H](NC(=O)c2ccc(NCc3cnc4nc(N)[nH]c(=O)c4n3)cc2)C(=O)O)cc1. The summed E-state index contributed by atoms with van der Waals surface area (Å²) in [6, 6.07) is 18.1. The number of nitrogen functional groups attached to an aromatic ring is 1. The number of fused-ring (bicyclic) bond motifs is 1. The van der Waals surface area contributed by atoms with Crippen LogP contribution in [-0.4, -0.2) is 74.7 Å². The number of carbonyl (C=O) groups excluding carboxylic acids is 3. The molecule has 0 radical (unpaired) electrons. The van der Waals surface area contributed by atoms with Gasteiger partial charge in [-0.1, -0.05) is 24.3 Å². The Morgan fingerprint density at radius 3 is 2.28 bits per heavy atom. The molecule has 1 atom stereocenters. The van der Waals surface area contributed by atoms with Crippen LogP contribution in [0, 0.1) is 0 Å². The van der Waals surface area contributed by atoms with E-state index in [2.05, 4.69) is 35.9 Å². The number of amides is 2. The van der Waals surface area contributed by atoms with Crippen molar-refractivity contribution < 1.29 is 47.2 Å². The number of carboxylic acids is 1. The average molecular weight is 845 g/mol. The summed E-state index contributed by atoms with van der Waals surface area (Å²) in [5.41, 5.74) is 7.98. The molecular weight excluding hydrogens is 799 g/mol. The fourth-order valence-electron chi connectivity index (χ4n) is 5.66. The highest BCUT2D eigenvalue weighted by molar-refractivity contribution is 7.48. The maximum atomic E-state index is 13.2. The highest BCUT2D eigenvalue weighted by atomic mass is 31.2. The number of nitrogens with one attached hydrogen (secondary N) is 4. The number of aryl methyl sites for hydroxylation is 1. The summed E-state index contributed by atoms with van der Waals surface area (Å²) >= 11 is 0. The number of hydrogen-bond acceptors (Lipinski definition) is 15. The molecule has 0 saturated heterocycles. The first-order chi connectivity index (χ1) is 28.9. The lowest BCUT2D eigenvalue weighted by atomic mass is 10.1. The molecule has 0 saturated carbocycles. The van der Waals surface area contributed by atoms with Crippen molar-refractivity contribution in [2.75, 3.05) is 36.2 Å². The molecule has 19 nitrogen and oxygen atoms in total. The molecule has 20 heteroatoms. The van der Waals surface area contributed by atoms with Crippen molar-refractivity contribution in [2.24, 2.45) is 0 Å². The predicted molar refractivity (Wildman–Crippen MR) is 220 cm³/mol. The number of rotatable bonds is 22.